The second-order valence-electron chi connectivity index (χ2n) is 7.14. The van der Waals surface area contributed by atoms with Crippen LogP contribution in [0.25, 0.3) is 0 Å². The number of rotatable bonds is 1. The first-order chi connectivity index (χ1) is 11.2. The van der Waals surface area contributed by atoms with E-state index >= 15 is 0 Å². The van der Waals surface area contributed by atoms with E-state index < -0.39 is 17.9 Å². The number of amides is 4. The maximum atomic E-state index is 13.1. The van der Waals surface area contributed by atoms with Gasteiger partial charge in [-0.1, -0.05) is 13.8 Å². The van der Waals surface area contributed by atoms with E-state index in [0.29, 0.717) is 18.8 Å². The molecule has 2 saturated heterocycles. The predicted octanol–water partition coefficient (Wildman–Crippen LogP) is 1.85. The van der Waals surface area contributed by atoms with Gasteiger partial charge in [-0.05, 0) is 24.3 Å². The third-order valence-corrected chi connectivity index (χ3v) is 4.46. The molecule has 0 spiro atoms. The highest BCUT2D eigenvalue weighted by atomic mass is 19.1. The summed E-state index contributed by atoms with van der Waals surface area (Å²) in [6.45, 7) is 6.44. The molecular formula is C17H20FN3O3. The van der Waals surface area contributed by atoms with Crippen molar-refractivity contribution in [2.75, 3.05) is 24.5 Å². The first-order valence-electron chi connectivity index (χ1n) is 7.85. The van der Waals surface area contributed by atoms with E-state index in [4.69, 9.17) is 0 Å². The molecule has 0 radical (unpaired) electrons. The minimum Gasteiger partial charge on any atom is -0.340 e. The Kier molecular flexibility index (Phi) is 3.81. The molecule has 1 atom stereocenters. The van der Waals surface area contributed by atoms with Gasteiger partial charge in [-0.15, -0.1) is 0 Å². The van der Waals surface area contributed by atoms with Gasteiger partial charge in [-0.3, -0.25) is 9.59 Å². The number of nitrogens with zero attached hydrogens (tertiary/aromatic N) is 3. The molecule has 3 rings (SSSR count). The molecule has 7 heteroatoms. The fourth-order valence-electron chi connectivity index (χ4n) is 3.36. The molecule has 0 aromatic heterocycles. The number of fused-ring (bicyclic) bond motifs is 1. The highest BCUT2D eigenvalue weighted by Crippen LogP contribution is 2.32. The van der Waals surface area contributed by atoms with Crippen LogP contribution in [-0.2, 0) is 9.59 Å². The Morgan fingerprint density at radius 2 is 1.79 bits per heavy atom. The van der Waals surface area contributed by atoms with Crippen molar-refractivity contribution in [3.8, 4) is 0 Å². The maximum absolute atomic E-state index is 13.1. The predicted molar refractivity (Wildman–Crippen MR) is 85.8 cm³/mol. The Morgan fingerprint density at radius 3 is 2.38 bits per heavy atom. The summed E-state index contributed by atoms with van der Waals surface area (Å²) in [5.41, 5.74) is 0.0153. The van der Waals surface area contributed by atoms with Gasteiger partial charge in [0.2, 0.25) is 5.91 Å². The smallest absolute Gasteiger partial charge is 0.332 e. The normalized spacial score (nSPS) is 23.3. The summed E-state index contributed by atoms with van der Waals surface area (Å²) in [7, 11) is 0. The Labute approximate surface area is 139 Å². The fraction of sp³-hybridized carbons (Fsp3) is 0.471. The summed E-state index contributed by atoms with van der Waals surface area (Å²) >= 11 is 0. The van der Waals surface area contributed by atoms with E-state index in [0.717, 1.165) is 4.90 Å². The molecule has 1 unspecified atom stereocenters. The van der Waals surface area contributed by atoms with Gasteiger partial charge >= 0.3 is 6.03 Å². The number of carbonyl (C=O) groups excluding carboxylic acids is 3. The molecule has 128 valence electrons. The van der Waals surface area contributed by atoms with Crippen LogP contribution in [0.15, 0.2) is 24.3 Å². The molecule has 0 aliphatic carbocycles. The van der Waals surface area contributed by atoms with Crippen molar-refractivity contribution in [1.82, 2.24) is 9.80 Å². The summed E-state index contributed by atoms with van der Waals surface area (Å²) < 4.78 is 13.1. The second-order valence-corrected chi connectivity index (χ2v) is 7.14. The minimum atomic E-state index is -0.701. The zero-order chi connectivity index (χ0) is 17.6. The van der Waals surface area contributed by atoms with E-state index in [9.17, 15) is 18.8 Å². The van der Waals surface area contributed by atoms with Crippen molar-refractivity contribution in [1.29, 1.82) is 0 Å². The van der Waals surface area contributed by atoms with E-state index in [-0.39, 0.29) is 23.8 Å². The van der Waals surface area contributed by atoms with Gasteiger partial charge in [0.05, 0.1) is 12.2 Å². The molecule has 1 aromatic rings. The number of imide groups is 1. The van der Waals surface area contributed by atoms with Crippen molar-refractivity contribution in [3.05, 3.63) is 30.1 Å². The lowest BCUT2D eigenvalue weighted by atomic mass is 9.92. The minimum absolute atomic E-state index is 0.120. The average molecular weight is 333 g/mol. The first-order valence-corrected chi connectivity index (χ1v) is 7.85. The molecule has 4 amide bonds. The van der Waals surface area contributed by atoms with Crippen molar-refractivity contribution >= 4 is 23.5 Å². The zero-order valence-corrected chi connectivity index (χ0v) is 14.0. The van der Waals surface area contributed by atoms with Gasteiger partial charge in [0.15, 0.2) is 0 Å². The molecule has 1 aromatic carbocycles. The lowest BCUT2D eigenvalue weighted by Crippen LogP contribution is -2.43. The summed E-state index contributed by atoms with van der Waals surface area (Å²) in [4.78, 5) is 41.7. The van der Waals surface area contributed by atoms with Crippen LogP contribution in [0.3, 0.4) is 0 Å². The van der Waals surface area contributed by atoms with Gasteiger partial charge in [0, 0.05) is 25.4 Å². The number of halogens is 1. The van der Waals surface area contributed by atoms with Crippen molar-refractivity contribution in [2.24, 2.45) is 5.41 Å². The van der Waals surface area contributed by atoms with E-state index in [1.807, 2.05) is 13.8 Å². The number of benzene rings is 1. The maximum Gasteiger partial charge on any atom is 0.332 e. The topological polar surface area (TPSA) is 60.9 Å². The summed E-state index contributed by atoms with van der Waals surface area (Å²) in [6, 6.07) is 4.12. The zero-order valence-electron chi connectivity index (χ0n) is 14.0. The quantitative estimate of drug-likeness (QED) is 0.737. The Morgan fingerprint density at radius 1 is 1.17 bits per heavy atom. The van der Waals surface area contributed by atoms with Crippen molar-refractivity contribution in [2.45, 2.75) is 26.8 Å². The fourth-order valence-corrected chi connectivity index (χ4v) is 3.36. The van der Waals surface area contributed by atoms with Gasteiger partial charge < -0.3 is 9.80 Å². The summed E-state index contributed by atoms with van der Waals surface area (Å²) in [6.07, 6.45) is 0. The van der Waals surface area contributed by atoms with Gasteiger partial charge in [0.25, 0.3) is 5.91 Å². The molecule has 2 heterocycles. The number of hydrogen-bond acceptors (Lipinski definition) is 3. The highest BCUT2D eigenvalue weighted by molar-refractivity contribution is 6.21. The van der Waals surface area contributed by atoms with Crippen LogP contribution in [0.2, 0.25) is 0 Å². The molecular weight excluding hydrogens is 313 g/mol. The van der Waals surface area contributed by atoms with Crippen LogP contribution in [-0.4, -0.2) is 53.3 Å². The van der Waals surface area contributed by atoms with Gasteiger partial charge in [-0.25, -0.2) is 14.1 Å². The Hall–Kier alpha value is -2.44. The molecule has 0 N–H and O–H groups in total. The molecule has 2 aliphatic heterocycles. The van der Waals surface area contributed by atoms with Crippen LogP contribution in [0.4, 0.5) is 14.9 Å². The standard InChI is InChI=1S/C17H20FN3O3/c1-11(22)19-8-14-15(23)21(13-6-4-12(18)5-7-13)16(24)20(14)10-17(2,3)9-19/h4-7,14H,8-10H2,1-3H3. The van der Waals surface area contributed by atoms with Crippen LogP contribution in [0.1, 0.15) is 20.8 Å². The molecule has 2 aliphatic rings. The average Bonchev–Trinajstić information content (AvgIpc) is 2.65. The number of hydrogen-bond donors (Lipinski definition) is 0. The third-order valence-electron chi connectivity index (χ3n) is 4.46. The van der Waals surface area contributed by atoms with Crippen LogP contribution in [0.5, 0.6) is 0 Å². The Bertz CT molecular complexity index is 702. The Balaban J connectivity index is 1.97. The lowest BCUT2D eigenvalue weighted by Gasteiger charge is -2.30. The molecule has 0 bridgehead atoms. The number of carbonyl (C=O) groups is 3. The van der Waals surface area contributed by atoms with Gasteiger partial charge in [0.1, 0.15) is 11.9 Å². The number of anilines is 1. The monoisotopic (exact) mass is 333 g/mol. The molecule has 24 heavy (non-hydrogen) atoms. The molecule has 6 nitrogen and oxygen atoms in total. The SMILES string of the molecule is CC(=O)N1CC2C(=O)N(c3ccc(F)cc3)C(=O)N2CC(C)(C)C1. The highest BCUT2D eigenvalue weighted by Gasteiger charge is 2.50. The second kappa shape index (κ2) is 5.58. The largest absolute Gasteiger partial charge is 0.340 e. The third kappa shape index (κ3) is 2.74. The van der Waals surface area contributed by atoms with Crippen LogP contribution < -0.4 is 4.90 Å². The van der Waals surface area contributed by atoms with Crippen LogP contribution >= 0.6 is 0 Å². The number of urea groups is 1. The lowest BCUT2D eigenvalue weighted by molar-refractivity contribution is -0.130. The van der Waals surface area contributed by atoms with Gasteiger partial charge in [-0.2, -0.15) is 0 Å². The summed E-state index contributed by atoms with van der Waals surface area (Å²) in [5.74, 6) is -0.933. The summed E-state index contributed by atoms with van der Waals surface area (Å²) in [5, 5.41) is 0. The van der Waals surface area contributed by atoms with E-state index in [1.54, 1.807) is 4.90 Å². The van der Waals surface area contributed by atoms with Crippen LogP contribution in [0, 0.1) is 11.2 Å². The van der Waals surface area contributed by atoms with E-state index in [1.165, 1.54) is 36.1 Å². The molecule has 0 saturated carbocycles. The van der Waals surface area contributed by atoms with E-state index in [2.05, 4.69) is 0 Å². The van der Waals surface area contributed by atoms with Crippen molar-refractivity contribution in [3.63, 3.8) is 0 Å². The first kappa shape index (κ1) is 16.4. The van der Waals surface area contributed by atoms with Crippen molar-refractivity contribution < 1.29 is 18.8 Å². The molecule has 2 fully saturated rings.